The predicted molar refractivity (Wildman–Crippen MR) is 76.7 cm³/mol. The molecule has 2 rings (SSSR count). The highest BCUT2D eigenvalue weighted by atomic mass is 35.5. The molecule has 0 fully saturated rings. The van der Waals surface area contributed by atoms with Crippen LogP contribution in [0, 0.1) is 17.0 Å². The zero-order valence-electron chi connectivity index (χ0n) is 10.9. The molecule has 0 aliphatic rings. The van der Waals surface area contributed by atoms with E-state index in [1.807, 2.05) is 6.92 Å². The summed E-state index contributed by atoms with van der Waals surface area (Å²) in [6, 6.07) is 7.77. The number of anilines is 1. The second kappa shape index (κ2) is 5.75. The first-order valence-corrected chi connectivity index (χ1v) is 6.15. The number of nitrogens with zero attached hydrogens (tertiary/aromatic N) is 2. The van der Waals surface area contributed by atoms with Crippen molar-refractivity contribution in [1.29, 1.82) is 0 Å². The number of nitrogens with one attached hydrogen (secondary N) is 1. The molecule has 1 heterocycles. The molecule has 0 aliphatic carbocycles. The average molecular weight is 294 g/mol. The fourth-order valence-corrected chi connectivity index (χ4v) is 1.74. The summed E-state index contributed by atoms with van der Waals surface area (Å²) in [5.41, 5.74) is 0.757. The van der Waals surface area contributed by atoms with E-state index in [0.29, 0.717) is 16.6 Å². The molecule has 0 unspecified atom stereocenters. The normalized spacial score (nSPS) is 10.2. The highest BCUT2D eigenvalue weighted by Crippen LogP contribution is 2.29. The summed E-state index contributed by atoms with van der Waals surface area (Å²) in [6.45, 7) is 1.85. The van der Waals surface area contributed by atoms with E-state index in [-0.39, 0.29) is 11.6 Å². The smallest absolute Gasteiger partial charge is 0.278 e. The number of nitro groups is 1. The Morgan fingerprint density at radius 2 is 2.10 bits per heavy atom. The van der Waals surface area contributed by atoms with Gasteiger partial charge in [0.05, 0.1) is 17.1 Å². The van der Waals surface area contributed by atoms with Gasteiger partial charge in [-0.2, -0.15) is 4.98 Å². The van der Waals surface area contributed by atoms with E-state index in [9.17, 15) is 10.1 Å². The van der Waals surface area contributed by atoms with Crippen LogP contribution in [0.2, 0.25) is 5.02 Å². The molecule has 0 spiro atoms. The summed E-state index contributed by atoms with van der Waals surface area (Å²) in [5, 5.41) is 14.1. The minimum atomic E-state index is -0.500. The van der Waals surface area contributed by atoms with Crippen molar-refractivity contribution in [3.05, 3.63) is 51.0 Å². The number of hydrogen-bond donors (Lipinski definition) is 1. The molecule has 0 saturated carbocycles. The van der Waals surface area contributed by atoms with Crippen LogP contribution in [-0.2, 0) is 0 Å². The average Bonchev–Trinajstić information content (AvgIpc) is 2.42. The monoisotopic (exact) mass is 293 g/mol. The van der Waals surface area contributed by atoms with E-state index in [0.717, 1.165) is 5.56 Å². The van der Waals surface area contributed by atoms with Crippen LogP contribution in [-0.4, -0.2) is 17.0 Å². The minimum Gasteiger partial charge on any atom is -0.438 e. The van der Waals surface area contributed by atoms with E-state index in [4.69, 9.17) is 16.3 Å². The fraction of sp³-hybridized carbons (Fsp3) is 0.154. The summed E-state index contributed by atoms with van der Waals surface area (Å²) in [6.07, 6.45) is 0. The molecule has 0 bridgehead atoms. The molecule has 0 amide bonds. The van der Waals surface area contributed by atoms with Gasteiger partial charge in [-0.05, 0) is 24.6 Å². The number of benzene rings is 1. The lowest BCUT2D eigenvalue weighted by Crippen LogP contribution is -1.98. The Morgan fingerprint density at radius 1 is 1.35 bits per heavy atom. The fourth-order valence-electron chi connectivity index (χ4n) is 1.57. The maximum absolute atomic E-state index is 10.9. The summed E-state index contributed by atoms with van der Waals surface area (Å²) in [4.78, 5) is 14.5. The molecule has 6 nitrogen and oxygen atoms in total. The van der Waals surface area contributed by atoms with Gasteiger partial charge in [-0.25, -0.2) is 0 Å². The molecule has 0 aliphatic heterocycles. The topological polar surface area (TPSA) is 77.3 Å². The van der Waals surface area contributed by atoms with Gasteiger partial charge in [0.1, 0.15) is 11.6 Å². The number of rotatable bonds is 4. The third kappa shape index (κ3) is 3.16. The SMILES string of the molecule is CNc1cc([N+](=O)[O-])cc(Oc2cc(Cl)ccc2C)n1. The third-order valence-electron chi connectivity index (χ3n) is 2.62. The van der Waals surface area contributed by atoms with Crippen LogP contribution in [0.3, 0.4) is 0 Å². The molecule has 0 atom stereocenters. The lowest BCUT2D eigenvalue weighted by molar-refractivity contribution is -0.384. The van der Waals surface area contributed by atoms with Crippen LogP contribution in [0.5, 0.6) is 11.6 Å². The van der Waals surface area contributed by atoms with Crippen LogP contribution in [0.15, 0.2) is 30.3 Å². The Bertz CT molecular complexity index is 661. The zero-order chi connectivity index (χ0) is 14.7. The maximum Gasteiger partial charge on any atom is 0.278 e. The highest BCUT2D eigenvalue weighted by Gasteiger charge is 2.13. The highest BCUT2D eigenvalue weighted by molar-refractivity contribution is 6.30. The standard InChI is InChI=1S/C13H12ClN3O3/c1-8-3-4-9(14)5-11(8)20-13-7-10(17(18)19)6-12(15-2)16-13/h3-7H,1-2H3,(H,15,16). The molecular weight excluding hydrogens is 282 g/mol. The summed E-state index contributed by atoms with van der Waals surface area (Å²) in [5.74, 6) is 0.996. The van der Waals surface area contributed by atoms with Gasteiger partial charge in [-0.3, -0.25) is 10.1 Å². The lowest BCUT2D eigenvalue weighted by Gasteiger charge is -2.09. The molecular formula is C13H12ClN3O3. The molecule has 20 heavy (non-hydrogen) atoms. The van der Waals surface area contributed by atoms with Gasteiger partial charge in [0, 0.05) is 12.1 Å². The number of hydrogen-bond acceptors (Lipinski definition) is 5. The summed E-state index contributed by atoms with van der Waals surface area (Å²) >= 11 is 5.90. The van der Waals surface area contributed by atoms with Crippen LogP contribution < -0.4 is 10.1 Å². The number of aromatic nitrogens is 1. The third-order valence-corrected chi connectivity index (χ3v) is 2.85. The summed E-state index contributed by atoms with van der Waals surface area (Å²) in [7, 11) is 1.63. The Morgan fingerprint density at radius 3 is 2.75 bits per heavy atom. The van der Waals surface area contributed by atoms with Crippen molar-refractivity contribution < 1.29 is 9.66 Å². The van der Waals surface area contributed by atoms with Gasteiger partial charge in [0.2, 0.25) is 5.88 Å². The van der Waals surface area contributed by atoms with Crippen LogP contribution >= 0.6 is 11.6 Å². The van der Waals surface area contributed by atoms with Gasteiger partial charge < -0.3 is 10.1 Å². The van der Waals surface area contributed by atoms with Crippen molar-refractivity contribution in [2.24, 2.45) is 0 Å². The zero-order valence-corrected chi connectivity index (χ0v) is 11.6. The number of pyridine rings is 1. The van der Waals surface area contributed by atoms with Crippen molar-refractivity contribution in [3.63, 3.8) is 0 Å². The van der Waals surface area contributed by atoms with Crippen molar-refractivity contribution in [3.8, 4) is 11.6 Å². The second-order valence-electron chi connectivity index (χ2n) is 4.07. The molecule has 0 saturated heterocycles. The van der Waals surface area contributed by atoms with E-state index < -0.39 is 4.92 Å². The molecule has 1 N–H and O–H groups in total. The van der Waals surface area contributed by atoms with Gasteiger partial charge in [0.25, 0.3) is 5.69 Å². The van der Waals surface area contributed by atoms with Crippen LogP contribution in [0.4, 0.5) is 11.5 Å². The van der Waals surface area contributed by atoms with E-state index in [1.54, 1.807) is 25.2 Å². The van der Waals surface area contributed by atoms with Crippen molar-refractivity contribution >= 4 is 23.1 Å². The second-order valence-corrected chi connectivity index (χ2v) is 4.50. The van der Waals surface area contributed by atoms with Gasteiger partial charge in [0.15, 0.2) is 0 Å². The minimum absolute atomic E-state index is 0.0981. The molecule has 0 radical (unpaired) electrons. The van der Waals surface area contributed by atoms with Crippen molar-refractivity contribution in [1.82, 2.24) is 4.98 Å². The molecule has 2 aromatic rings. The Hall–Kier alpha value is -2.34. The first-order chi connectivity index (χ1) is 9.49. The Kier molecular flexibility index (Phi) is 4.05. The first kappa shape index (κ1) is 14.1. The van der Waals surface area contributed by atoms with E-state index in [1.165, 1.54) is 12.1 Å². The van der Waals surface area contributed by atoms with Gasteiger partial charge >= 0.3 is 0 Å². The molecule has 104 valence electrons. The number of aryl methyl sites for hydroxylation is 1. The van der Waals surface area contributed by atoms with Gasteiger partial charge in [-0.15, -0.1) is 0 Å². The molecule has 1 aromatic heterocycles. The molecule has 1 aromatic carbocycles. The number of halogens is 1. The first-order valence-electron chi connectivity index (χ1n) is 5.78. The Labute approximate surface area is 120 Å². The van der Waals surface area contributed by atoms with Crippen molar-refractivity contribution in [2.45, 2.75) is 6.92 Å². The van der Waals surface area contributed by atoms with Gasteiger partial charge in [-0.1, -0.05) is 17.7 Å². The Balaban J connectivity index is 2.39. The predicted octanol–water partition coefficient (Wildman–Crippen LogP) is 3.79. The number of ether oxygens (including phenoxy) is 1. The van der Waals surface area contributed by atoms with Crippen molar-refractivity contribution in [2.75, 3.05) is 12.4 Å². The quantitative estimate of drug-likeness (QED) is 0.685. The lowest BCUT2D eigenvalue weighted by atomic mass is 10.2. The van der Waals surface area contributed by atoms with E-state index in [2.05, 4.69) is 10.3 Å². The summed E-state index contributed by atoms with van der Waals surface area (Å²) < 4.78 is 5.58. The largest absolute Gasteiger partial charge is 0.438 e. The molecule has 7 heteroatoms. The van der Waals surface area contributed by atoms with Crippen LogP contribution in [0.25, 0.3) is 0 Å². The van der Waals surface area contributed by atoms with Crippen LogP contribution in [0.1, 0.15) is 5.56 Å². The maximum atomic E-state index is 10.9. The van der Waals surface area contributed by atoms with E-state index >= 15 is 0 Å².